The van der Waals surface area contributed by atoms with Crippen LogP contribution in [0.2, 0.25) is 0 Å². The van der Waals surface area contributed by atoms with E-state index in [4.69, 9.17) is 0 Å². The van der Waals surface area contributed by atoms with E-state index in [9.17, 15) is 8.42 Å². The molecule has 19 heavy (non-hydrogen) atoms. The van der Waals surface area contributed by atoms with Crippen LogP contribution in [-0.2, 0) is 10.0 Å². The van der Waals surface area contributed by atoms with Crippen LogP contribution in [0.1, 0.15) is 45.1 Å². The molecule has 0 unspecified atom stereocenters. The highest BCUT2D eigenvalue weighted by Crippen LogP contribution is 2.14. The van der Waals surface area contributed by atoms with Gasteiger partial charge in [0.05, 0.1) is 4.90 Å². The molecule has 0 radical (unpaired) electrons. The van der Waals surface area contributed by atoms with Crippen LogP contribution in [0, 0.1) is 12.8 Å². The molecule has 0 heterocycles. The molecule has 1 rings (SSSR count). The molecular weight excluding hydrogens is 258 g/mol. The summed E-state index contributed by atoms with van der Waals surface area (Å²) in [4.78, 5) is 0.350. The molecule has 108 valence electrons. The molecule has 3 nitrogen and oxygen atoms in total. The molecule has 0 saturated carbocycles. The molecule has 1 N–H and O–H groups in total. The highest BCUT2D eigenvalue weighted by molar-refractivity contribution is 7.89. The normalized spacial score (nSPS) is 13.4. The first-order chi connectivity index (χ1) is 8.99. The van der Waals surface area contributed by atoms with E-state index in [2.05, 4.69) is 18.6 Å². The fraction of sp³-hybridized carbons (Fsp3) is 0.600. The van der Waals surface area contributed by atoms with Gasteiger partial charge in [-0.2, -0.15) is 0 Å². The maximum atomic E-state index is 12.1. The molecule has 0 aliphatic heterocycles. The van der Waals surface area contributed by atoms with Crippen molar-refractivity contribution in [1.82, 2.24) is 4.72 Å². The van der Waals surface area contributed by atoms with Gasteiger partial charge in [-0.05, 0) is 31.4 Å². The van der Waals surface area contributed by atoms with Crippen molar-refractivity contribution in [2.75, 3.05) is 6.54 Å². The minimum atomic E-state index is -3.36. The first kappa shape index (κ1) is 16.2. The van der Waals surface area contributed by atoms with E-state index in [1.807, 2.05) is 19.1 Å². The molecule has 4 heteroatoms. The third kappa shape index (κ3) is 5.33. The molecule has 0 fully saturated rings. The molecule has 0 spiro atoms. The van der Waals surface area contributed by atoms with Crippen LogP contribution in [0.4, 0.5) is 0 Å². The van der Waals surface area contributed by atoms with E-state index in [-0.39, 0.29) is 0 Å². The minimum absolute atomic E-state index is 0.350. The van der Waals surface area contributed by atoms with Crippen molar-refractivity contribution in [3.05, 3.63) is 29.8 Å². The molecule has 0 aliphatic carbocycles. The predicted octanol–water partition coefficient (Wildman–Crippen LogP) is 3.49. The van der Waals surface area contributed by atoms with Gasteiger partial charge >= 0.3 is 0 Å². The Labute approximate surface area is 117 Å². The second-order valence-electron chi connectivity index (χ2n) is 5.08. The Morgan fingerprint density at radius 2 is 1.79 bits per heavy atom. The second kappa shape index (κ2) is 7.65. The Morgan fingerprint density at radius 3 is 2.32 bits per heavy atom. The molecular formula is C15H25NO2S. The summed E-state index contributed by atoms with van der Waals surface area (Å²) >= 11 is 0. The van der Waals surface area contributed by atoms with Gasteiger partial charge in [0.25, 0.3) is 0 Å². The van der Waals surface area contributed by atoms with Crippen molar-refractivity contribution in [2.24, 2.45) is 5.92 Å². The van der Waals surface area contributed by atoms with E-state index in [0.29, 0.717) is 17.4 Å². The molecule has 1 aromatic rings. The number of benzene rings is 1. The van der Waals surface area contributed by atoms with Gasteiger partial charge in [-0.25, -0.2) is 13.1 Å². The lowest BCUT2D eigenvalue weighted by Gasteiger charge is -2.15. The number of aryl methyl sites for hydroxylation is 1. The van der Waals surface area contributed by atoms with E-state index < -0.39 is 10.0 Å². The quantitative estimate of drug-likeness (QED) is 0.794. The number of nitrogens with one attached hydrogen (secondary N) is 1. The zero-order valence-corrected chi connectivity index (χ0v) is 13.0. The van der Waals surface area contributed by atoms with Gasteiger partial charge in [0.15, 0.2) is 0 Å². The van der Waals surface area contributed by atoms with Crippen molar-refractivity contribution >= 4 is 10.0 Å². The maximum absolute atomic E-state index is 12.1. The summed E-state index contributed by atoms with van der Waals surface area (Å²) in [5.41, 5.74) is 1.06. The molecule has 0 aliphatic rings. The van der Waals surface area contributed by atoms with Crippen LogP contribution in [0.25, 0.3) is 0 Å². The largest absolute Gasteiger partial charge is 0.240 e. The Bertz CT molecular complexity index is 465. The third-order valence-electron chi connectivity index (χ3n) is 3.44. The van der Waals surface area contributed by atoms with E-state index in [1.165, 1.54) is 0 Å². The van der Waals surface area contributed by atoms with Crippen LogP contribution in [0.15, 0.2) is 29.2 Å². The maximum Gasteiger partial charge on any atom is 0.240 e. The summed E-state index contributed by atoms with van der Waals surface area (Å²) in [5, 5.41) is 0. The number of hydrogen-bond donors (Lipinski definition) is 1. The van der Waals surface area contributed by atoms with Crippen LogP contribution in [0.5, 0.6) is 0 Å². The average Bonchev–Trinajstić information content (AvgIpc) is 2.39. The number of rotatable bonds is 8. The van der Waals surface area contributed by atoms with Crippen LogP contribution in [0.3, 0.4) is 0 Å². The highest BCUT2D eigenvalue weighted by Gasteiger charge is 2.15. The van der Waals surface area contributed by atoms with Gasteiger partial charge in [-0.1, -0.05) is 50.8 Å². The van der Waals surface area contributed by atoms with E-state index in [0.717, 1.165) is 31.2 Å². The topological polar surface area (TPSA) is 46.2 Å². The van der Waals surface area contributed by atoms with Crippen LogP contribution in [-0.4, -0.2) is 15.0 Å². The Balaban J connectivity index is 2.61. The summed E-state index contributed by atoms with van der Waals surface area (Å²) in [6.45, 7) is 6.75. The highest BCUT2D eigenvalue weighted by atomic mass is 32.2. The Morgan fingerprint density at radius 1 is 1.16 bits per heavy atom. The molecule has 0 saturated heterocycles. The van der Waals surface area contributed by atoms with Crippen molar-refractivity contribution in [3.8, 4) is 0 Å². The molecule has 0 amide bonds. The summed E-state index contributed by atoms with van der Waals surface area (Å²) in [6, 6.07) is 6.96. The third-order valence-corrected chi connectivity index (χ3v) is 4.88. The smallest absolute Gasteiger partial charge is 0.211 e. The second-order valence-corrected chi connectivity index (χ2v) is 6.85. The van der Waals surface area contributed by atoms with Crippen molar-refractivity contribution in [3.63, 3.8) is 0 Å². The Hall–Kier alpha value is -0.870. The van der Waals surface area contributed by atoms with Gasteiger partial charge < -0.3 is 0 Å². The first-order valence-electron chi connectivity index (χ1n) is 7.06. The minimum Gasteiger partial charge on any atom is -0.211 e. The van der Waals surface area contributed by atoms with Gasteiger partial charge in [0, 0.05) is 6.54 Å². The molecule has 1 aromatic carbocycles. The monoisotopic (exact) mass is 283 g/mol. The van der Waals surface area contributed by atoms with Crippen molar-refractivity contribution in [1.29, 1.82) is 0 Å². The fourth-order valence-corrected chi connectivity index (χ4v) is 3.09. The SMILES string of the molecule is CCCC[C@H](CC)CNS(=O)(=O)c1ccc(C)cc1. The fourth-order valence-electron chi connectivity index (χ4n) is 1.97. The molecule has 1 atom stereocenters. The average molecular weight is 283 g/mol. The predicted molar refractivity (Wildman–Crippen MR) is 79.7 cm³/mol. The lowest BCUT2D eigenvalue weighted by atomic mass is 10.00. The standard InChI is InChI=1S/C15H25NO2S/c1-4-6-7-14(5-2)12-16-19(17,18)15-10-8-13(3)9-11-15/h8-11,14,16H,4-7,12H2,1-3H3/t14-/m0/s1. The summed E-state index contributed by atoms with van der Waals surface area (Å²) < 4.78 is 27.0. The number of sulfonamides is 1. The summed E-state index contributed by atoms with van der Waals surface area (Å²) in [7, 11) is -3.36. The number of hydrogen-bond acceptors (Lipinski definition) is 2. The van der Waals surface area contributed by atoms with Gasteiger partial charge in [-0.3, -0.25) is 0 Å². The van der Waals surface area contributed by atoms with Crippen LogP contribution >= 0.6 is 0 Å². The van der Waals surface area contributed by atoms with Gasteiger partial charge in [0.1, 0.15) is 0 Å². The molecule has 0 aromatic heterocycles. The van der Waals surface area contributed by atoms with E-state index >= 15 is 0 Å². The van der Waals surface area contributed by atoms with Crippen LogP contribution < -0.4 is 4.72 Å². The van der Waals surface area contributed by atoms with E-state index in [1.54, 1.807) is 12.1 Å². The zero-order chi connectivity index (χ0) is 14.3. The zero-order valence-electron chi connectivity index (χ0n) is 12.1. The summed E-state index contributed by atoms with van der Waals surface area (Å²) in [6.07, 6.45) is 4.41. The van der Waals surface area contributed by atoms with Crippen molar-refractivity contribution in [2.45, 2.75) is 51.3 Å². The summed E-state index contributed by atoms with van der Waals surface area (Å²) in [5.74, 6) is 0.431. The van der Waals surface area contributed by atoms with Crippen molar-refractivity contribution < 1.29 is 8.42 Å². The lowest BCUT2D eigenvalue weighted by Crippen LogP contribution is -2.29. The lowest BCUT2D eigenvalue weighted by molar-refractivity contribution is 0.444. The Kier molecular flexibility index (Phi) is 6.52. The van der Waals surface area contributed by atoms with Gasteiger partial charge in [0.2, 0.25) is 10.0 Å². The molecule has 0 bridgehead atoms. The first-order valence-corrected chi connectivity index (χ1v) is 8.54. The van der Waals surface area contributed by atoms with Gasteiger partial charge in [-0.15, -0.1) is 0 Å². The number of unbranched alkanes of at least 4 members (excludes halogenated alkanes) is 1.